The lowest BCUT2D eigenvalue weighted by atomic mass is 10.1. The minimum absolute atomic E-state index is 0.0315. The third-order valence-corrected chi connectivity index (χ3v) is 7.25. The van der Waals surface area contributed by atoms with E-state index in [0.29, 0.717) is 27.5 Å². The predicted molar refractivity (Wildman–Crippen MR) is 123 cm³/mol. The van der Waals surface area contributed by atoms with E-state index in [1.165, 1.54) is 17.4 Å². The molecule has 9 heteroatoms. The second-order valence-electron chi connectivity index (χ2n) is 7.98. The molecule has 1 aromatic carbocycles. The normalized spacial score (nSPS) is 17.5. The molecule has 166 valence electrons. The standard InChI is InChI=1S/C23H21ClN2O5S/c24-12-6-7-17-15(9-12)16(27)10-18(31-17)21(28)26-23-20(14-4-1-5-19(14)32-23)22(29)25-11-13-3-2-8-30-13/h6-7,9-10,13H,1-5,8,11H2,(H,25,29)(H,26,28)/t13-/m0/s1. The average Bonchev–Trinajstić information content (AvgIpc) is 3.50. The molecule has 3 aromatic rings. The van der Waals surface area contributed by atoms with Crippen molar-refractivity contribution in [3.63, 3.8) is 0 Å². The van der Waals surface area contributed by atoms with Gasteiger partial charge in [0.1, 0.15) is 10.6 Å². The molecular weight excluding hydrogens is 452 g/mol. The highest BCUT2D eigenvalue weighted by atomic mass is 35.5. The van der Waals surface area contributed by atoms with Crippen LogP contribution in [-0.4, -0.2) is 31.1 Å². The molecule has 0 unspecified atom stereocenters. The van der Waals surface area contributed by atoms with Gasteiger partial charge in [-0.1, -0.05) is 11.6 Å². The summed E-state index contributed by atoms with van der Waals surface area (Å²) in [5.74, 6) is -0.916. The number of carbonyl (C=O) groups is 2. The summed E-state index contributed by atoms with van der Waals surface area (Å²) >= 11 is 7.35. The van der Waals surface area contributed by atoms with Gasteiger partial charge in [0.05, 0.1) is 17.1 Å². The summed E-state index contributed by atoms with van der Waals surface area (Å²) in [5.41, 5.74) is 1.41. The fraction of sp³-hybridized carbons (Fsp3) is 0.348. The number of hydrogen-bond acceptors (Lipinski definition) is 6. The molecule has 1 saturated heterocycles. The molecule has 2 N–H and O–H groups in total. The number of thiophene rings is 1. The number of fused-ring (bicyclic) bond motifs is 2. The van der Waals surface area contributed by atoms with Gasteiger partial charge in [-0.2, -0.15) is 0 Å². The van der Waals surface area contributed by atoms with Crippen molar-refractivity contribution in [2.45, 2.75) is 38.2 Å². The van der Waals surface area contributed by atoms with Crippen LogP contribution in [0.1, 0.15) is 50.6 Å². The van der Waals surface area contributed by atoms with Gasteiger partial charge in [-0.15, -0.1) is 11.3 Å². The van der Waals surface area contributed by atoms with E-state index >= 15 is 0 Å². The van der Waals surface area contributed by atoms with E-state index in [0.717, 1.165) is 55.2 Å². The molecule has 0 saturated carbocycles. The van der Waals surface area contributed by atoms with Crippen molar-refractivity contribution in [3.8, 4) is 0 Å². The highest BCUT2D eigenvalue weighted by Gasteiger charge is 2.29. The summed E-state index contributed by atoms with van der Waals surface area (Å²) in [5, 5.41) is 6.94. The number of anilines is 1. The minimum atomic E-state index is -0.577. The number of carbonyl (C=O) groups excluding carboxylic acids is 2. The van der Waals surface area contributed by atoms with Crippen LogP contribution in [0.2, 0.25) is 5.02 Å². The zero-order valence-electron chi connectivity index (χ0n) is 17.2. The van der Waals surface area contributed by atoms with Crippen molar-refractivity contribution in [1.82, 2.24) is 5.32 Å². The Morgan fingerprint density at radius 2 is 2.03 bits per heavy atom. The summed E-state index contributed by atoms with van der Waals surface area (Å²) in [6, 6.07) is 5.80. The maximum atomic E-state index is 13.0. The lowest BCUT2D eigenvalue weighted by Gasteiger charge is -2.12. The zero-order valence-corrected chi connectivity index (χ0v) is 18.7. The molecule has 1 fully saturated rings. The Balaban J connectivity index is 1.41. The van der Waals surface area contributed by atoms with Crippen LogP contribution in [0.25, 0.3) is 11.0 Å². The Kier molecular flexibility index (Phi) is 5.75. The average molecular weight is 473 g/mol. The molecule has 32 heavy (non-hydrogen) atoms. The van der Waals surface area contributed by atoms with Crippen molar-refractivity contribution in [3.05, 3.63) is 61.3 Å². The summed E-state index contributed by atoms with van der Waals surface area (Å²) in [6.07, 6.45) is 4.63. The highest BCUT2D eigenvalue weighted by molar-refractivity contribution is 7.17. The highest BCUT2D eigenvalue weighted by Crippen LogP contribution is 2.39. The van der Waals surface area contributed by atoms with Crippen LogP contribution in [0, 0.1) is 0 Å². The van der Waals surface area contributed by atoms with E-state index in [-0.39, 0.29) is 28.8 Å². The lowest BCUT2D eigenvalue weighted by Crippen LogP contribution is -2.32. The maximum absolute atomic E-state index is 13.0. The van der Waals surface area contributed by atoms with Gasteiger partial charge < -0.3 is 19.8 Å². The molecule has 1 aliphatic carbocycles. The van der Waals surface area contributed by atoms with Gasteiger partial charge in [0.2, 0.25) is 0 Å². The first-order valence-corrected chi connectivity index (χ1v) is 11.8. The van der Waals surface area contributed by atoms with Crippen molar-refractivity contribution < 1.29 is 18.7 Å². The number of hydrogen-bond donors (Lipinski definition) is 2. The van der Waals surface area contributed by atoms with Gasteiger partial charge in [0.25, 0.3) is 11.8 Å². The van der Waals surface area contributed by atoms with Crippen molar-refractivity contribution in [2.75, 3.05) is 18.5 Å². The monoisotopic (exact) mass is 472 g/mol. The summed E-state index contributed by atoms with van der Waals surface area (Å²) in [7, 11) is 0. The van der Waals surface area contributed by atoms with Gasteiger partial charge in [0, 0.05) is 29.1 Å². The molecule has 3 heterocycles. The van der Waals surface area contributed by atoms with E-state index < -0.39 is 5.91 Å². The Hall–Kier alpha value is -2.68. The van der Waals surface area contributed by atoms with Gasteiger partial charge in [-0.3, -0.25) is 14.4 Å². The fourth-order valence-electron chi connectivity index (χ4n) is 4.24. The molecule has 7 nitrogen and oxygen atoms in total. The van der Waals surface area contributed by atoms with E-state index in [4.69, 9.17) is 20.8 Å². The lowest BCUT2D eigenvalue weighted by molar-refractivity contribution is 0.0858. The third kappa shape index (κ3) is 4.05. The third-order valence-electron chi connectivity index (χ3n) is 5.80. The number of halogens is 1. The maximum Gasteiger partial charge on any atom is 0.292 e. The van der Waals surface area contributed by atoms with Crippen LogP contribution in [0.4, 0.5) is 5.00 Å². The molecule has 2 aliphatic rings. The number of benzene rings is 1. The van der Waals surface area contributed by atoms with Crippen molar-refractivity contribution in [2.24, 2.45) is 0 Å². The van der Waals surface area contributed by atoms with E-state index in [9.17, 15) is 14.4 Å². The first kappa shape index (κ1) is 21.2. The SMILES string of the molecule is O=C(Nc1sc2c(c1C(=O)NC[C@@H]1CCCO1)CCC2)c1cc(=O)c2cc(Cl)ccc2o1. The molecule has 0 spiro atoms. The Morgan fingerprint density at radius 3 is 2.84 bits per heavy atom. The van der Waals surface area contributed by atoms with Crippen LogP contribution >= 0.6 is 22.9 Å². The van der Waals surface area contributed by atoms with Crippen LogP contribution in [-0.2, 0) is 17.6 Å². The van der Waals surface area contributed by atoms with Crippen molar-refractivity contribution >= 4 is 50.7 Å². The quantitative estimate of drug-likeness (QED) is 0.581. The van der Waals surface area contributed by atoms with Gasteiger partial charge in [-0.25, -0.2) is 0 Å². The fourth-order valence-corrected chi connectivity index (χ4v) is 5.69. The molecule has 2 aromatic heterocycles. The second kappa shape index (κ2) is 8.69. The first-order chi connectivity index (χ1) is 15.5. The topological polar surface area (TPSA) is 97.6 Å². The Labute approximate surface area is 192 Å². The van der Waals surface area contributed by atoms with Crippen LogP contribution in [0.15, 0.2) is 33.5 Å². The summed E-state index contributed by atoms with van der Waals surface area (Å²) in [6.45, 7) is 1.16. The minimum Gasteiger partial charge on any atom is -0.451 e. The number of rotatable bonds is 5. The summed E-state index contributed by atoms with van der Waals surface area (Å²) in [4.78, 5) is 39.5. The number of nitrogens with one attached hydrogen (secondary N) is 2. The van der Waals surface area contributed by atoms with E-state index in [1.54, 1.807) is 12.1 Å². The van der Waals surface area contributed by atoms with Crippen LogP contribution in [0.5, 0.6) is 0 Å². The van der Waals surface area contributed by atoms with E-state index in [2.05, 4.69) is 10.6 Å². The first-order valence-electron chi connectivity index (χ1n) is 10.6. The van der Waals surface area contributed by atoms with Gasteiger partial charge >= 0.3 is 0 Å². The smallest absolute Gasteiger partial charge is 0.292 e. The zero-order chi connectivity index (χ0) is 22.2. The van der Waals surface area contributed by atoms with Crippen LogP contribution in [0.3, 0.4) is 0 Å². The summed E-state index contributed by atoms with van der Waals surface area (Å²) < 4.78 is 11.2. The molecule has 2 amide bonds. The largest absolute Gasteiger partial charge is 0.451 e. The Bertz CT molecular complexity index is 1280. The number of ether oxygens (including phenoxy) is 1. The molecule has 1 aliphatic heterocycles. The number of amides is 2. The van der Waals surface area contributed by atoms with Gasteiger partial charge in [-0.05, 0) is 55.9 Å². The molecule has 5 rings (SSSR count). The molecular formula is C23H21ClN2O5S. The van der Waals surface area contributed by atoms with Crippen molar-refractivity contribution in [1.29, 1.82) is 0 Å². The van der Waals surface area contributed by atoms with Crippen LogP contribution < -0.4 is 16.1 Å². The second-order valence-corrected chi connectivity index (χ2v) is 9.52. The predicted octanol–water partition coefficient (Wildman–Crippen LogP) is 4.16. The molecule has 1 atom stereocenters. The van der Waals surface area contributed by atoms with E-state index in [1.807, 2.05) is 0 Å². The molecule has 0 radical (unpaired) electrons. The molecule has 0 bridgehead atoms. The Morgan fingerprint density at radius 1 is 1.16 bits per heavy atom. The van der Waals surface area contributed by atoms with Gasteiger partial charge in [0.15, 0.2) is 11.2 Å². The number of aryl methyl sites for hydroxylation is 1.